The van der Waals surface area contributed by atoms with Crippen LogP contribution >= 0.6 is 0 Å². The van der Waals surface area contributed by atoms with E-state index >= 15 is 0 Å². The third-order valence-corrected chi connectivity index (χ3v) is 3.28. The van der Waals surface area contributed by atoms with Crippen molar-refractivity contribution in [1.29, 1.82) is 0 Å². The van der Waals surface area contributed by atoms with E-state index in [-0.39, 0.29) is 42.6 Å². The summed E-state index contributed by atoms with van der Waals surface area (Å²) in [5.74, 6) is -1.10. The number of hydrogen-bond acceptors (Lipinski definition) is 4. The highest BCUT2D eigenvalue weighted by Gasteiger charge is 2.13. The molecule has 1 amide bonds. The van der Waals surface area contributed by atoms with E-state index in [1.165, 1.54) is 12.3 Å². The number of nitrogens with one attached hydrogen (secondary N) is 1. The number of hydrogen-bond donors (Lipinski definition) is 2. The van der Waals surface area contributed by atoms with E-state index in [2.05, 4.69) is 10.3 Å². The van der Waals surface area contributed by atoms with Crippen LogP contribution in [-0.4, -0.2) is 29.1 Å². The summed E-state index contributed by atoms with van der Waals surface area (Å²) in [6, 6.07) is 3.18. The fourth-order valence-corrected chi connectivity index (χ4v) is 1.90. The normalized spacial score (nSPS) is 12.2. The van der Waals surface area contributed by atoms with Crippen molar-refractivity contribution < 1.29 is 23.1 Å². The molecule has 1 aromatic heterocycles. The first-order valence-corrected chi connectivity index (χ1v) is 7.27. The third kappa shape index (κ3) is 4.85. The number of aliphatic hydroxyl groups is 1. The molecule has 0 radical (unpaired) electrons. The first kappa shape index (κ1) is 17.1. The lowest BCUT2D eigenvalue weighted by Crippen LogP contribution is -2.29. The van der Waals surface area contributed by atoms with Crippen molar-refractivity contribution in [1.82, 2.24) is 10.3 Å². The van der Waals surface area contributed by atoms with Crippen LogP contribution in [0.4, 0.5) is 8.78 Å². The summed E-state index contributed by atoms with van der Waals surface area (Å²) < 4.78 is 31.9. The monoisotopic (exact) mass is 324 g/mol. The van der Waals surface area contributed by atoms with Crippen LogP contribution in [0.1, 0.15) is 19.2 Å². The maximum Gasteiger partial charge on any atom is 0.220 e. The number of aromatic nitrogens is 1. The molecule has 0 aliphatic rings. The van der Waals surface area contributed by atoms with Crippen LogP contribution < -0.4 is 5.32 Å². The Morgan fingerprint density at radius 3 is 2.91 bits per heavy atom. The lowest BCUT2D eigenvalue weighted by Gasteiger charge is -2.08. The molecule has 7 heteroatoms. The molecule has 23 heavy (non-hydrogen) atoms. The van der Waals surface area contributed by atoms with Gasteiger partial charge in [-0.25, -0.2) is 13.8 Å². The summed E-state index contributed by atoms with van der Waals surface area (Å²) in [4.78, 5) is 15.6. The van der Waals surface area contributed by atoms with Crippen molar-refractivity contribution in [3.63, 3.8) is 0 Å². The Morgan fingerprint density at radius 1 is 1.43 bits per heavy atom. The maximum absolute atomic E-state index is 13.7. The Bertz CT molecular complexity index is 673. The van der Waals surface area contributed by atoms with E-state index in [1.54, 1.807) is 0 Å². The quantitative estimate of drug-likeness (QED) is 0.819. The zero-order valence-corrected chi connectivity index (χ0v) is 12.7. The van der Waals surface area contributed by atoms with Gasteiger partial charge in [0.25, 0.3) is 0 Å². The predicted molar refractivity (Wildman–Crippen MR) is 79.4 cm³/mol. The highest BCUT2D eigenvalue weighted by atomic mass is 19.1. The second-order valence-corrected chi connectivity index (χ2v) is 5.33. The summed E-state index contributed by atoms with van der Waals surface area (Å²) in [6.45, 7) is 2.22. The van der Waals surface area contributed by atoms with Crippen LogP contribution in [0.3, 0.4) is 0 Å². The van der Waals surface area contributed by atoms with E-state index < -0.39 is 11.6 Å². The molecule has 124 valence electrons. The Hall–Kier alpha value is -2.28. The van der Waals surface area contributed by atoms with E-state index in [0.29, 0.717) is 12.4 Å². The van der Waals surface area contributed by atoms with Crippen LogP contribution in [0, 0.1) is 17.6 Å². The molecule has 0 bridgehead atoms. The van der Waals surface area contributed by atoms with Gasteiger partial charge in [-0.2, -0.15) is 0 Å². The number of aryl methyl sites for hydroxylation is 1. The second kappa shape index (κ2) is 7.82. The highest BCUT2D eigenvalue weighted by Crippen LogP contribution is 2.24. The minimum absolute atomic E-state index is 0.00579. The van der Waals surface area contributed by atoms with Crippen molar-refractivity contribution in [2.24, 2.45) is 5.92 Å². The van der Waals surface area contributed by atoms with E-state index in [1.807, 2.05) is 6.92 Å². The molecule has 1 unspecified atom stereocenters. The Labute approximate surface area is 132 Å². The van der Waals surface area contributed by atoms with Gasteiger partial charge in [-0.1, -0.05) is 6.92 Å². The van der Waals surface area contributed by atoms with E-state index in [0.717, 1.165) is 12.1 Å². The minimum atomic E-state index is -0.733. The molecule has 2 aromatic rings. The van der Waals surface area contributed by atoms with E-state index in [9.17, 15) is 13.6 Å². The molecular formula is C16H18F2N2O3. The molecule has 0 fully saturated rings. The number of benzene rings is 1. The Morgan fingerprint density at radius 2 is 2.22 bits per heavy atom. The smallest absolute Gasteiger partial charge is 0.220 e. The van der Waals surface area contributed by atoms with Gasteiger partial charge in [0.15, 0.2) is 11.7 Å². The van der Waals surface area contributed by atoms with Gasteiger partial charge in [0.1, 0.15) is 11.6 Å². The first-order chi connectivity index (χ1) is 11.0. The van der Waals surface area contributed by atoms with Crippen LogP contribution in [0.15, 0.2) is 28.8 Å². The number of amides is 1. The van der Waals surface area contributed by atoms with Crippen LogP contribution in [-0.2, 0) is 11.2 Å². The van der Waals surface area contributed by atoms with E-state index in [4.69, 9.17) is 9.52 Å². The first-order valence-electron chi connectivity index (χ1n) is 7.27. The number of aliphatic hydroxyl groups excluding tert-OH is 1. The Kier molecular flexibility index (Phi) is 5.81. The average Bonchev–Trinajstić information content (AvgIpc) is 2.99. The molecule has 1 atom stereocenters. The molecule has 0 aliphatic heterocycles. The third-order valence-electron chi connectivity index (χ3n) is 3.28. The molecule has 1 heterocycles. The van der Waals surface area contributed by atoms with Crippen LogP contribution in [0.5, 0.6) is 0 Å². The van der Waals surface area contributed by atoms with Crippen molar-refractivity contribution in [2.75, 3.05) is 13.2 Å². The van der Waals surface area contributed by atoms with Crippen molar-refractivity contribution in [3.8, 4) is 11.3 Å². The number of rotatable bonds is 7. The topological polar surface area (TPSA) is 75.4 Å². The molecule has 0 saturated carbocycles. The molecule has 0 aliphatic carbocycles. The van der Waals surface area contributed by atoms with Crippen molar-refractivity contribution in [3.05, 3.63) is 41.9 Å². The van der Waals surface area contributed by atoms with Gasteiger partial charge in [-0.3, -0.25) is 4.79 Å². The highest BCUT2D eigenvalue weighted by molar-refractivity contribution is 5.76. The SMILES string of the molecule is CC(CO)CNC(=O)CCc1ncc(-c2ccc(F)cc2F)o1. The van der Waals surface area contributed by atoms with Gasteiger partial charge in [-0.15, -0.1) is 0 Å². The largest absolute Gasteiger partial charge is 0.441 e. The maximum atomic E-state index is 13.7. The zero-order chi connectivity index (χ0) is 16.8. The number of nitrogens with zero attached hydrogens (tertiary/aromatic N) is 1. The number of oxazole rings is 1. The van der Waals surface area contributed by atoms with Gasteiger partial charge in [0.05, 0.1) is 11.8 Å². The number of halogens is 2. The average molecular weight is 324 g/mol. The van der Waals surface area contributed by atoms with Gasteiger partial charge < -0.3 is 14.8 Å². The summed E-state index contributed by atoms with van der Waals surface area (Å²) in [7, 11) is 0. The minimum Gasteiger partial charge on any atom is -0.441 e. The summed E-state index contributed by atoms with van der Waals surface area (Å²) in [5.41, 5.74) is 0.117. The lowest BCUT2D eigenvalue weighted by molar-refractivity contribution is -0.121. The molecule has 1 aromatic carbocycles. The molecule has 0 saturated heterocycles. The molecule has 2 rings (SSSR count). The number of carbonyl (C=O) groups excluding carboxylic acids is 1. The van der Waals surface area contributed by atoms with Gasteiger partial charge in [0.2, 0.25) is 5.91 Å². The fraction of sp³-hybridized carbons (Fsp3) is 0.375. The standard InChI is InChI=1S/C16H18F2N2O3/c1-10(9-21)7-19-15(22)4-5-16-20-8-14(23-16)12-3-2-11(17)6-13(12)18/h2-3,6,8,10,21H,4-5,7,9H2,1H3,(H,19,22). The number of carbonyl (C=O) groups is 1. The van der Waals surface area contributed by atoms with Crippen molar-refractivity contribution >= 4 is 5.91 Å². The zero-order valence-electron chi connectivity index (χ0n) is 12.7. The van der Waals surface area contributed by atoms with Gasteiger partial charge in [-0.05, 0) is 18.1 Å². The fourth-order valence-electron chi connectivity index (χ4n) is 1.90. The molecular weight excluding hydrogens is 306 g/mol. The van der Waals surface area contributed by atoms with Crippen molar-refractivity contribution in [2.45, 2.75) is 19.8 Å². The van der Waals surface area contributed by atoms with Gasteiger partial charge >= 0.3 is 0 Å². The Balaban J connectivity index is 1.91. The lowest BCUT2D eigenvalue weighted by atomic mass is 10.2. The van der Waals surface area contributed by atoms with Gasteiger partial charge in [0, 0.05) is 32.1 Å². The predicted octanol–water partition coefficient (Wildman–Crippen LogP) is 2.30. The molecule has 0 spiro atoms. The summed E-state index contributed by atoms with van der Waals surface area (Å²) in [6.07, 6.45) is 1.78. The molecule has 5 nitrogen and oxygen atoms in total. The van der Waals surface area contributed by atoms with Crippen LogP contribution in [0.25, 0.3) is 11.3 Å². The second-order valence-electron chi connectivity index (χ2n) is 5.33. The molecule has 2 N–H and O–H groups in total. The van der Waals surface area contributed by atoms with Crippen LogP contribution in [0.2, 0.25) is 0 Å². The summed E-state index contributed by atoms with van der Waals surface area (Å²) in [5, 5.41) is 11.6. The summed E-state index contributed by atoms with van der Waals surface area (Å²) >= 11 is 0.